The summed E-state index contributed by atoms with van der Waals surface area (Å²) in [6.07, 6.45) is -0.693. The number of likely N-dealkylation sites (N-methyl/N-ethyl adjacent to an activating group) is 1. The van der Waals surface area contributed by atoms with Crippen LogP contribution < -0.4 is 10.6 Å². The molecule has 1 saturated heterocycles. The van der Waals surface area contributed by atoms with Gasteiger partial charge in [-0.05, 0) is 33.4 Å². The molecule has 0 saturated carbocycles. The van der Waals surface area contributed by atoms with Crippen LogP contribution in [0, 0.1) is 0 Å². The summed E-state index contributed by atoms with van der Waals surface area (Å²) < 4.78 is 5.26. The van der Waals surface area contributed by atoms with Gasteiger partial charge in [-0.1, -0.05) is 30.3 Å². The van der Waals surface area contributed by atoms with Crippen LogP contribution in [-0.4, -0.2) is 73.1 Å². The molecule has 2 N–H and O–H groups in total. The first-order valence-electron chi connectivity index (χ1n) is 9.44. The Labute approximate surface area is 166 Å². The number of amides is 3. The van der Waals surface area contributed by atoms with Crippen molar-refractivity contribution in [2.45, 2.75) is 32.4 Å². The van der Waals surface area contributed by atoms with Gasteiger partial charge in [0.05, 0.1) is 6.54 Å². The molecule has 0 spiro atoms. The number of rotatable bonds is 5. The molecule has 3 amide bonds. The Morgan fingerprint density at radius 2 is 1.68 bits per heavy atom. The average Bonchev–Trinajstić information content (AvgIpc) is 2.64. The van der Waals surface area contributed by atoms with Crippen LogP contribution in [-0.2, 0) is 14.3 Å². The van der Waals surface area contributed by atoms with E-state index >= 15 is 0 Å². The van der Waals surface area contributed by atoms with Crippen LogP contribution in [0.4, 0.5) is 4.79 Å². The maximum absolute atomic E-state index is 12.7. The second kappa shape index (κ2) is 9.54. The second-order valence-corrected chi connectivity index (χ2v) is 7.89. The van der Waals surface area contributed by atoms with Gasteiger partial charge in [0.2, 0.25) is 11.8 Å². The van der Waals surface area contributed by atoms with Gasteiger partial charge < -0.3 is 25.2 Å². The van der Waals surface area contributed by atoms with E-state index in [1.165, 1.54) is 0 Å². The van der Waals surface area contributed by atoms with Gasteiger partial charge in [-0.3, -0.25) is 9.59 Å². The lowest BCUT2D eigenvalue weighted by Crippen LogP contribution is -2.51. The van der Waals surface area contributed by atoms with Crippen LogP contribution in [0.1, 0.15) is 32.4 Å². The van der Waals surface area contributed by atoms with Crippen molar-refractivity contribution in [2.24, 2.45) is 0 Å². The van der Waals surface area contributed by atoms with Crippen LogP contribution in [0.15, 0.2) is 30.3 Å². The zero-order chi connectivity index (χ0) is 20.7. The predicted octanol–water partition coefficient (Wildman–Crippen LogP) is 1.14. The van der Waals surface area contributed by atoms with Crippen molar-refractivity contribution in [1.82, 2.24) is 20.4 Å². The monoisotopic (exact) mass is 390 g/mol. The Morgan fingerprint density at radius 1 is 1.07 bits per heavy atom. The van der Waals surface area contributed by atoms with Gasteiger partial charge in [0.25, 0.3) is 0 Å². The fraction of sp³-hybridized carbons (Fsp3) is 0.550. The van der Waals surface area contributed by atoms with E-state index in [2.05, 4.69) is 15.5 Å². The van der Waals surface area contributed by atoms with Crippen LogP contribution in [0.2, 0.25) is 0 Å². The molecule has 0 radical (unpaired) electrons. The van der Waals surface area contributed by atoms with E-state index < -0.39 is 23.6 Å². The van der Waals surface area contributed by atoms with E-state index in [0.29, 0.717) is 18.7 Å². The predicted molar refractivity (Wildman–Crippen MR) is 106 cm³/mol. The molecule has 1 aromatic rings. The summed E-state index contributed by atoms with van der Waals surface area (Å²) in [5.41, 5.74) is -0.0722. The SMILES string of the molecule is CN1CCN(C(=O)CNC(=O)C(NC(=O)OC(C)(C)C)c2ccccc2)CC1. The highest BCUT2D eigenvalue weighted by molar-refractivity contribution is 5.90. The fourth-order valence-corrected chi connectivity index (χ4v) is 2.80. The van der Waals surface area contributed by atoms with E-state index in [1.54, 1.807) is 49.9 Å². The molecule has 0 aromatic heterocycles. The number of alkyl carbamates (subject to hydrolysis) is 1. The first-order chi connectivity index (χ1) is 13.2. The molecule has 1 aromatic carbocycles. The van der Waals surface area contributed by atoms with Crippen molar-refractivity contribution in [3.8, 4) is 0 Å². The molecule has 8 heteroatoms. The van der Waals surface area contributed by atoms with Crippen molar-refractivity contribution >= 4 is 17.9 Å². The second-order valence-electron chi connectivity index (χ2n) is 7.89. The summed E-state index contributed by atoms with van der Waals surface area (Å²) in [5, 5.41) is 5.24. The minimum absolute atomic E-state index is 0.109. The molecular weight excluding hydrogens is 360 g/mol. The van der Waals surface area contributed by atoms with Gasteiger partial charge in [0, 0.05) is 26.2 Å². The van der Waals surface area contributed by atoms with Gasteiger partial charge in [-0.2, -0.15) is 0 Å². The van der Waals surface area contributed by atoms with Crippen molar-refractivity contribution in [2.75, 3.05) is 39.8 Å². The number of carbonyl (C=O) groups excluding carboxylic acids is 3. The largest absolute Gasteiger partial charge is 0.444 e. The van der Waals surface area contributed by atoms with E-state index in [1.807, 2.05) is 13.1 Å². The van der Waals surface area contributed by atoms with Crippen molar-refractivity contribution in [3.63, 3.8) is 0 Å². The van der Waals surface area contributed by atoms with E-state index in [4.69, 9.17) is 4.74 Å². The molecule has 28 heavy (non-hydrogen) atoms. The Bertz CT molecular complexity index is 679. The number of carbonyl (C=O) groups is 3. The standard InChI is InChI=1S/C20H30N4O4/c1-20(2,3)28-19(27)22-17(15-8-6-5-7-9-15)18(26)21-14-16(25)24-12-10-23(4)11-13-24/h5-9,17H,10-14H2,1-4H3,(H,21,26)(H,22,27). The van der Waals surface area contributed by atoms with Gasteiger partial charge in [0.1, 0.15) is 11.6 Å². The van der Waals surface area contributed by atoms with Gasteiger partial charge >= 0.3 is 6.09 Å². The lowest BCUT2D eigenvalue weighted by atomic mass is 10.1. The minimum Gasteiger partial charge on any atom is -0.444 e. The summed E-state index contributed by atoms with van der Waals surface area (Å²) in [4.78, 5) is 41.1. The first-order valence-corrected chi connectivity index (χ1v) is 9.44. The molecule has 0 aliphatic carbocycles. The highest BCUT2D eigenvalue weighted by Gasteiger charge is 2.27. The third kappa shape index (κ3) is 6.84. The number of hydrogen-bond donors (Lipinski definition) is 2. The summed E-state index contributed by atoms with van der Waals surface area (Å²) in [6.45, 7) is 8.05. The lowest BCUT2D eigenvalue weighted by molar-refractivity contribution is -0.134. The van der Waals surface area contributed by atoms with Crippen LogP contribution in [0.25, 0.3) is 0 Å². The van der Waals surface area contributed by atoms with Crippen molar-refractivity contribution in [1.29, 1.82) is 0 Å². The maximum atomic E-state index is 12.7. The van der Waals surface area contributed by atoms with Gasteiger partial charge in [0.15, 0.2) is 0 Å². The van der Waals surface area contributed by atoms with E-state index in [0.717, 1.165) is 13.1 Å². The van der Waals surface area contributed by atoms with Crippen LogP contribution in [0.3, 0.4) is 0 Å². The van der Waals surface area contributed by atoms with Crippen LogP contribution >= 0.6 is 0 Å². The van der Waals surface area contributed by atoms with E-state index in [-0.39, 0.29) is 12.5 Å². The molecule has 8 nitrogen and oxygen atoms in total. The summed E-state index contributed by atoms with van der Waals surface area (Å²) >= 11 is 0. The Balaban J connectivity index is 1.99. The summed E-state index contributed by atoms with van der Waals surface area (Å²) in [6, 6.07) is 7.91. The molecule has 1 fully saturated rings. The zero-order valence-electron chi connectivity index (χ0n) is 17.0. The molecule has 1 aliphatic heterocycles. The third-order valence-electron chi connectivity index (χ3n) is 4.33. The quantitative estimate of drug-likeness (QED) is 0.787. The maximum Gasteiger partial charge on any atom is 0.408 e. The van der Waals surface area contributed by atoms with Crippen molar-refractivity contribution in [3.05, 3.63) is 35.9 Å². The number of benzene rings is 1. The smallest absolute Gasteiger partial charge is 0.408 e. The van der Waals surface area contributed by atoms with Gasteiger partial charge in [-0.15, -0.1) is 0 Å². The minimum atomic E-state index is -0.948. The zero-order valence-corrected chi connectivity index (χ0v) is 17.0. The Morgan fingerprint density at radius 3 is 2.25 bits per heavy atom. The van der Waals surface area contributed by atoms with Crippen molar-refractivity contribution < 1.29 is 19.1 Å². The van der Waals surface area contributed by atoms with Gasteiger partial charge in [-0.25, -0.2) is 4.79 Å². The lowest BCUT2D eigenvalue weighted by Gasteiger charge is -2.32. The molecule has 154 valence electrons. The topological polar surface area (TPSA) is 91.0 Å². The molecule has 1 atom stereocenters. The molecule has 1 unspecified atom stereocenters. The first kappa shape index (κ1) is 21.7. The molecule has 0 bridgehead atoms. The van der Waals surface area contributed by atoms with Crippen LogP contribution in [0.5, 0.6) is 0 Å². The fourth-order valence-electron chi connectivity index (χ4n) is 2.80. The third-order valence-corrected chi connectivity index (χ3v) is 4.33. The average molecular weight is 390 g/mol. The van der Waals surface area contributed by atoms with E-state index in [9.17, 15) is 14.4 Å². The molecule has 1 aliphatic rings. The Kier molecular flexibility index (Phi) is 7.39. The highest BCUT2D eigenvalue weighted by Crippen LogP contribution is 2.15. The normalized spacial score (nSPS) is 16.2. The molecule has 1 heterocycles. The summed E-state index contributed by atoms with van der Waals surface area (Å²) in [7, 11) is 2.01. The molecule has 2 rings (SSSR count). The summed E-state index contributed by atoms with van der Waals surface area (Å²) in [5.74, 6) is -0.593. The number of nitrogens with zero attached hydrogens (tertiary/aromatic N) is 2. The number of hydrogen-bond acceptors (Lipinski definition) is 5. The number of piperazine rings is 1. The highest BCUT2D eigenvalue weighted by atomic mass is 16.6. The number of ether oxygens (including phenoxy) is 1. The molecular formula is C20H30N4O4. The number of nitrogens with one attached hydrogen (secondary N) is 2. The Hall–Kier alpha value is -2.61.